The predicted molar refractivity (Wildman–Crippen MR) is 124 cm³/mol. The van der Waals surface area contributed by atoms with Crippen LogP contribution < -0.4 is 15.6 Å². The van der Waals surface area contributed by atoms with Crippen molar-refractivity contribution >= 4 is 16.8 Å². The minimum atomic E-state index is -0.176. The number of likely N-dealkylation sites (N-methyl/N-ethyl adjacent to an activating group) is 1. The number of benzene rings is 2. The summed E-state index contributed by atoms with van der Waals surface area (Å²) in [5.74, 6) is 0.579. The van der Waals surface area contributed by atoms with E-state index in [1.807, 2.05) is 25.1 Å². The van der Waals surface area contributed by atoms with Crippen LogP contribution >= 0.6 is 0 Å². The fraction of sp³-hybridized carbons (Fsp3) is 0.400. The molecule has 1 N–H and O–H groups in total. The molecule has 166 valence electrons. The molecular weight excluding hydrogens is 404 g/mol. The van der Waals surface area contributed by atoms with Gasteiger partial charge in [0, 0.05) is 24.7 Å². The SMILES string of the molecule is CCN1CC[C@H](Oc2ccc3ncn(-c4cc(C(=O)NC5CC5)ccc4C)c(=O)c3c2)C1. The van der Waals surface area contributed by atoms with Crippen molar-refractivity contribution in [1.82, 2.24) is 19.8 Å². The molecule has 1 aliphatic heterocycles. The summed E-state index contributed by atoms with van der Waals surface area (Å²) in [6.07, 6.45) is 4.71. The monoisotopic (exact) mass is 432 g/mol. The number of aromatic nitrogens is 2. The summed E-state index contributed by atoms with van der Waals surface area (Å²) >= 11 is 0. The highest BCUT2D eigenvalue weighted by Crippen LogP contribution is 2.23. The van der Waals surface area contributed by atoms with Gasteiger partial charge in [0.05, 0.1) is 16.6 Å². The number of amides is 1. The third-order valence-corrected chi connectivity index (χ3v) is 6.35. The largest absolute Gasteiger partial charge is 0.489 e. The van der Waals surface area contributed by atoms with Crippen molar-refractivity contribution in [3.63, 3.8) is 0 Å². The maximum Gasteiger partial charge on any atom is 0.265 e. The van der Waals surface area contributed by atoms with E-state index in [1.54, 1.807) is 18.2 Å². The van der Waals surface area contributed by atoms with Crippen molar-refractivity contribution in [2.24, 2.45) is 0 Å². The molecule has 0 unspecified atom stereocenters. The molecule has 0 spiro atoms. The first-order valence-electron chi connectivity index (χ1n) is 11.3. The van der Waals surface area contributed by atoms with Crippen LogP contribution in [0.25, 0.3) is 16.6 Å². The van der Waals surface area contributed by atoms with Gasteiger partial charge in [-0.05, 0) is 68.6 Å². The smallest absolute Gasteiger partial charge is 0.265 e. The zero-order valence-corrected chi connectivity index (χ0v) is 18.5. The average Bonchev–Trinajstić information content (AvgIpc) is 3.50. The minimum Gasteiger partial charge on any atom is -0.489 e. The van der Waals surface area contributed by atoms with E-state index in [2.05, 4.69) is 22.1 Å². The molecule has 2 heterocycles. The van der Waals surface area contributed by atoms with Gasteiger partial charge in [-0.15, -0.1) is 0 Å². The topological polar surface area (TPSA) is 76.5 Å². The molecule has 1 amide bonds. The van der Waals surface area contributed by atoms with E-state index in [0.29, 0.717) is 27.9 Å². The van der Waals surface area contributed by atoms with E-state index in [9.17, 15) is 9.59 Å². The highest BCUT2D eigenvalue weighted by molar-refractivity contribution is 5.95. The number of nitrogens with zero attached hydrogens (tertiary/aromatic N) is 3. The lowest BCUT2D eigenvalue weighted by Crippen LogP contribution is -2.26. The van der Waals surface area contributed by atoms with E-state index >= 15 is 0 Å². The van der Waals surface area contributed by atoms with Crippen molar-refractivity contribution in [1.29, 1.82) is 0 Å². The fourth-order valence-corrected chi connectivity index (χ4v) is 4.23. The molecular formula is C25H28N4O3. The molecule has 3 aromatic rings. The first kappa shape index (κ1) is 20.7. The molecule has 7 heteroatoms. The maximum absolute atomic E-state index is 13.4. The third-order valence-electron chi connectivity index (χ3n) is 6.35. The van der Waals surface area contributed by atoms with Crippen molar-refractivity contribution in [3.05, 3.63) is 64.2 Å². The lowest BCUT2D eigenvalue weighted by atomic mass is 10.1. The minimum absolute atomic E-state index is 0.107. The number of ether oxygens (including phenoxy) is 1. The Hall–Kier alpha value is -3.19. The number of carbonyl (C=O) groups is 1. The molecule has 1 saturated carbocycles. The molecule has 2 aromatic carbocycles. The number of aryl methyl sites for hydroxylation is 1. The Morgan fingerprint density at radius 2 is 2.03 bits per heavy atom. The zero-order valence-electron chi connectivity index (χ0n) is 18.5. The lowest BCUT2D eigenvalue weighted by Gasteiger charge is -2.16. The van der Waals surface area contributed by atoms with E-state index in [1.165, 1.54) is 10.9 Å². The van der Waals surface area contributed by atoms with Crippen LogP contribution in [0.15, 0.2) is 47.5 Å². The van der Waals surface area contributed by atoms with Gasteiger partial charge < -0.3 is 10.1 Å². The van der Waals surface area contributed by atoms with Gasteiger partial charge in [0.1, 0.15) is 18.2 Å². The summed E-state index contributed by atoms with van der Waals surface area (Å²) in [6, 6.07) is 11.2. The van der Waals surface area contributed by atoms with E-state index < -0.39 is 0 Å². The number of fused-ring (bicyclic) bond motifs is 1. The van der Waals surface area contributed by atoms with Gasteiger partial charge in [-0.25, -0.2) is 4.98 Å². The highest BCUT2D eigenvalue weighted by atomic mass is 16.5. The molecule has 1 saturated heterocycles. The fourth-order valence-electron chi connectivity index (χ4n) is 4.23. The standard InChI is InChI=1S/C25H28N4O3/c1-3-28-11-10-20(14-28)32-19-8-9-22-21(13-19)25(31)29(15-26-22)23-12-17(5-4-16(23)2)24(30)27-18-6-7-18/h4-5,8-9,12-13,15,18,20H,3,6-7,10-11,14H2,1-2H3,(H,27,30)/t20-/m0/s1. The zero-order chi connectivity index (χ0) is 22.2. The average molecular weight is 433 g/mol. The van der Waals surface area contributed by atoms with Crippen molar-refractivity contribution in [2.75, 3.05) is 19.6 Å². The quantitative estimate of drug-likeness (QED) is 0.648. The van der Waals surface area contributed by atoms with E-state index in [-0.39, 0.29) is 23.6 Å². The van der Waals surface area contributed by atoms with Crippen LogP contribution in [0.1, 0.15) is 42.1 Å². The van der Waals surface area contributed by atoms with Gasteiger partial charge >= 0.3 is 0 Å². The Labute approximate surface area is 187 Å². The van der Waals surface area contributed by atoms with Crippen molar-refractivity contribution in [2.45, 2.75) is 45.3 Å². The number of hydrogen-bond donors (Lipinski definition) is 1. The van der Waals surface area contributed by atoms with Gasteiger partial charge in [0.15, 0.2) is 0 Å². The van der Waals surface area contributed by atoms with Gasteiger partial charge in [0.2, 0.25) is 0 Å². The van der Waals surface area contributed by atoms with Crippen LogP contribution in [0.4, 0.5) is 0 Å². The second-order valence-electron chi connectivity index (χ2n) is 8.77. The highest BCUT2D eigenvalue weighted by Gasteiger charge is 2.24. The predicted octanol–water partition coefficient (Wildman–Crippen LogP) is 3.06. The Balaban J connectivity index is 1.47. The van der Waals surface area contributed by atoms with E-state index in [0.717, 1.165) is 44.5 Å². The van der Waals surface area contributed by atoms with Crippen LogP contribution in [0.2, 0.25) is 0 Å². The van der Waals surface area contributed by atoms with Crippen LogP contribution in [-0.4, -0.2) is 52.1 Å². The molecule has 1 atom stereocenters. The second-order valence-corrected chi connectivity index (χ2v) is 8.77. The summed E-state index contributed by atoms with van der Waals surface area (Å²) in [5, 5.41) is 3.50. The summed E-state index contributed by atoms with van der Waals surface area (Å²) in [4.78, 5) is 32.7. The first-order chi connectivity index (χ1) is 15.5. The molecule has 7 nitrogen and oxygen atoms in total. The van der Waals surface area contributed by atoms with Gasteiger partial charge in [-0.2, -0.15) is 0 Å². The lowest BCUT2D eigenvalue weighted by molar-refractivity contribution is 0.0951. The van der Waals surface area contributed by atoms with Crippen LogP contribution in [0.3, 0.4) is 0 Å². The van der Waals surface area contributed by atoms with Gasteiger partial charge in [-0.3, -0.25) is 19.1 Å². The molecule has 1 aromatic heterocycles. The number of carbonyl (C=O) groups excluding carboxylic acids is 1. The van der Waals surface area contributed by atoms with E-state index in [4.69, 9.17) is 4.74 Å². The van der Waals surface area contributed by atoms with Crippen LogP contribution in [0.5, 0.6) is 5.75 Å². The molecule has 32 heavy (non-hydrogen) atoms. The first-order valence-corrected chi connectivity index (χ1v) is 11.3. The third kappa shape index (κ3) is 4.12. The Bertz CT molecular complexity index is 1230. The summed E-state index contributed by atoms with van der Waals surface area (Å²) < 4.78 is 7.68. The van der Waals surface area contributed by atoms with Crippen LogP contribution in [-0.2, 0) is 0 Å². The number of nitrogens with one attached hydrogen (secondary N) is 1. The molecule has 0 bridgehead atoms. The Morgan fingerprint density at radius 1 is 1.19 bits per heavy atom. The summed E-state index contributed by atoms with van der Waals surface area (Å²) in [5.41, 5.74) is 2.55. The number of likely N-dealkylation sites (tertiary alicyclic amines) is 1. The molecule has 2 fully saturated rings. The number of hydrogen-bond acceptors (Lipinski definition) is 5. The van der Waals surface area contributed by atoms with Crippen molar-refractivity contribution < 1.29 is 9.53 Å². The van der Waals surface area contributed by atoms with Gasteiger partial charge in [-0.1, -0.05) is 13.0 Å². The molecule has 1 aliphatic carbocycles. The normalized spacial score (nSPS) is 18.8. The second kappa shape index (κ2) is 8.39. The number of rotatable bonds is 6. The maximum atomic E-state index is 13.4. The molecule has 0 radical (unpaired) electrons. The van der Waals surface area contributed by atoms with Gasteiger partial charge in [0.25, 0.3) is 11.5 Å². The summed E-state index contributed by atoms with van der Waals surface area (Å²) in [7, 11) is 0. The molecule has 5 rings (SSSR count). The molecule has 2 aliphatic rings. The Morgan fingerprint density at radius 3 is 2.78 bits per heavy atom. The van der Waals surface area contributed by atoms with Crippen molar-refractivity contribution in [3.8, 4) is 11.4 Å². The Kier molecular flexibility index (Phi) is 5.43. The summed E-state index contributed by atoms with van der Waals surface area (Å²) in [6.45, 7) is 7.03. The van der Waals surface area contributed by atoms with Crippen LogP contribution in [0, 0.1) is 6.92 Å².